The molecule has 4 nitrogen and oxygen atoms in total. The summed E-state index contributed by atoms with van der Waals surface area (Å²) in [5, 5.41) is 3.45. The average molecular weight is 315 g/mol. The van der Waals surface area contributed by atoms with Crippen LogP contribution in [0.5, 0.6) is 17.2 Å². The maximum Gasteiger partial charge on any atom is 0.123 e. The van der Waals surface area contributed by atoms with Crippen LogP contribution in [-0.4, -0.2) is 27.4 Å². The Bertz CT molecular complexity index is 628. The summed E-state index contributed by atoms with van der Waals surface area (Å²) in [7, 11) is 3.35. The van der Waals surface area contributed by atoms with Crippen molar-refractivity contribution in [3.63, 3.8) is 0 Å². The second-order valence-corrected chi connectivity index (χ2v) is 5.40. The molecule has 0 bridgehead atoms. The van der Waals surface area contributed by atoms with Gasteiger partial charge in [-0.1, -0.05) is 18.2 Å². The van der Waals surface area contributed by atoms with Gasteiger partial charge >= 0.3 is 0 Å². The summed E-state index contributed by atoms with van der Waals surface area (Å²) >= 11 is 0. The molecule has 0 aliphatic rings. The summed E-state index contributed by atoms with van der Waals surface area (Å²) in [6, 6.07) is 14.0. The van der Waals surface area contributed by atoms with Crippen LogP contribution in [-0.2, 0) is 0 Å². The van der Waals surface area contributed by atoms with E-state index in [0.717, 1.165) is 34.9 Å². The highest BCUT2D eigenvalue weighted by Crippen LogP contribution is 2.29. The molecule has 0 saturated carbocycles. The SMILES string of the molecule is COc1ccc(OC)c(C(C)NCCOc2ccccc2C)c1. The van der Waals surface area contributed by atoms with Crippen LogP contribution in [0.25, 0.3) is 0 Å². The molecular formula is C19H25NO3. The summed E-state index contributed by atoms with van der Waals surface area (Å²) in [4.78, 5) is 0. The van der Waals surface area contributed by atoms with E-state index in [9.17, 15) is 0 Å². The molecule has 4 heteroatoms. The summed E-state index contributed by atoms with van der Waals surface area (Å²) < 4.78 is 16.5. The number of aryl methyl sites for hydroxylation is 1. The fourth-order valence-electron chi connectivity index (χ4n) is 2.44. The number of nitrogens with one attached hydrogen (secondary N) is 1. The Morgan fingerprint density at radius 2 is 1.78 bits per heavy atom. The highest BCUT2D eigenvalue weighted by Gasteiger charge is 2.12. The quantitative estimate of drug-likeness (QED) is 0.753. The molecule has 0 saturated heterocycles. The minimum absolute atomic E-state index is 0.139. The zero-order valence-electron chi connectivity index (χ0n) is 14.3. The molecule has 2 aromatic rings. The third-order valence-corrected chi connectivity index (χ3v) is 3.81. The first-order chi connectivity index (χ1) is 11.2. The van der Waals surface area contributed by atoms with Crippen molar-refractivity contribution in [1.29, 1.82) is 0 Å². The van der Waals surface area contributed by atoms with E-state index in [-0.39, 0.29) is 6.04 Å². The molecule has 0 radical (unpaired) electrons. The first-order valence-electron chi connectivity index (χ1n) is 7.79. The molecule has 23 heavy (non-hydrogen) atoms. The predicted octanol–water partition coefficient (Wildman–Crippen LogP) is 3.74. The largest absolute Gasteiger partial charge is 0.497 e. The Balaban J connectivity index is 1.89. The first-order valence-corrected chi connectivity index (χ1v) is 7.79. The van der Waals surface area contributed by atoms with Gasteiger partial charge < -0.3 is 19.5 Å². The van der Waals surface area contributed by atoms with Crippen molar-refractivity contribution in [2.75, 3.05) is 27.4 Å². The van der Waals surface area contributed by atoms with Crippen molar-refractivity contribution in [1.82, 2.24) is 5.32 Å². The van der Waals surface area contributed by atoms with Gasteiger partial charge in [0.15, 0.2) is 0 Å². The van der Waals surface area contributed by atoms with Gasteiger partial charge in [-0.2, -0.15) is 0 Å². The number of hydrogen-bond donors (Lipinski definition) is 1. The van der Waals surface area contributed by atoms with Crippen LogP contribution in [0.15, 0.2) is 42.5 Å². The van der Waals surface area contributed by atoms with Gasteiger partial charge in [0.2, 0.25) is 0 Å². The second kappa shape index (κ2) is 8.44. The van der Waals surface area contributed by atoms with E-state index in [0.29, 0.717) is 6.61 Å². The van der Waals surface area contributed by atoms with Gasteiger partial charge in [-0.05, 0) is 43.7 Å². The molecule has 1 atom stereocenters. The number of benzene rings is 2. The number of methoxy groups -OCH3 is 2. The molecule has 0 aromatic heterocycles. The van der Waals surface area contributed by atoms with E-state index < -0.39 is 0 Å². The van der Waals surface area contributed by atoms with E-state index in [2.05, 4.69) is 12.2 Å². The van der Waals surface area contributed by atoms with Crippen LogP contribution in [0.4, 0.5) is 0 Å². The molecule has 0 aliphatic carbocycles. The maximum atomic E-state index is 5.81. The lowest BCUT2D eigenvalue weighted by Gasteiger charge is -2.18. The Morgan fingerprint density at radius 3 is 2.48 bits per heavy atom. The molecule has 2 rings (SSSR count). The van der Waals surface area contributed by atoms with Gasteiger partial charge in [0.1, 0.15) is 23.9 Å². The summed E-state index contributed by atoms with van der Waals surface area (Å²) in [6.45, 7) is 5.51. The van der Waals surface area contributed by atoms with Crippen LogP contribution >= 0.6 is 0 Å². The van der Waals surface area contributed by atoms with Crippen molar-refractivity contribution in [2.24, 2.45) is 0 Å². The van der Waals surface area contributed by atoms with Crippen LogP contribution in [0.3, 0.4) is 0 Å². The van der Waals surface area contributed by atoms with E-state index >= 15 is 0 Å². The number of rotatable bonds is 8. The lowest BCUT2D eigenvalue weighted by molar-refractivity contribution is 0.304. The number of para-hydroxylation sites is 1. The summed E-state index contributed by atoms with van der Waals surface area (Å²) in [5.41, 5.74) is 2.22. The van der Waals surface area contributed by atoms with Crippen molar-refractivity contribution >= 4 is 0 Å². The fraction of sp³-hybridized carbons (Fsp3) is 0.368. The lowest BCUT2D eigenvalue weighted by atomic mass is 10.1. The van der Waals surface area contributed by atoms with E-state index in [1.54, 1.807) is 14.2 Å². The standard InChI is InChI=1S/C19H25NO3/c1-14-7-5-6-8-18(14)23-12-11-20-15(2)17-13-16(21-3)9-10-19(17)22-4/h5-10,13,15,20H,11-12H2,1-4H3. The van der Waals surface area contributed by atoms with E-state index in [1.165, 1.54) is 0 Å². The normalized spacial score (nSPS) is 11.8. The van der Waals surface area contributed by atoms with Gasteiger partial charge in [0, 0.05) is 18.2 Å². The molecule has 0 fully saturated rings. The molecule has 2 aromatic carbocycles. The molecule has 124 valence electrons. The second-order valence-electron chi connectivity index (χ2n) is 5.40. The van der Waals surface area contributed by atoms with Gasteiger partial charge in [-0.25, -0.2) is 0 Å². The number of ether oxygens (including phenoxy) is 3. The molecule has 0 heterocycles. The van der Waals surface area contributed by atoms with Gasteiger partial charge in [0.25, 0.3) is 0 Å². The maximum absolute atomic E-state index is 5.81. The zero-order chi connectivity index (χ0) is 16.7. The molecule has 0 amide bonds. The topological polar surface area (TPSA) is 39.7 Å². The van der Waals surface area contributed by atoms with Crippen LogP contribution in [0.2, 0.25) is 0 Å². The molecule has 1 N–H and O–H groups in total. The molecule has 0 aliphatic heterocycles. The average Bonchev–Trinajstić information content (AvgIpc) is 2.59. The molecule has 0 spiro atoms. The van der Waals surface area contributed by atoms with Crippen LogP contribution in [0.1, 0.15) is 24.1 Å². The minimum Gasteiger partial charge on any atom is -0.497 e. The third kappa shape index (κ3) is 4.63. The third-order valence-electron chi connectivity index (χ3n) is 3.81. The van der Waals surface area contributed by atoms with Crippen molar-refractivity contribution in [3.05, 3.63) is 53.6 Å². The van der Waals surface area contributed by atoms with Gasteiger partial charge in [0.05, 0.1) is 14.2 Å². The Kier molecular flexibility index (Phi) is 6.29. The lowest BCUT2D eigenvalue weighted by Crippen LogP contribution is -2.24. The predicted molar refractivity (Wildman–Crippen MR) is 92.6 cm³/mol. The molecular weight excluding hydrogens is 290 g/mol. The fourth-order valence-corrected chi connectivity index (χ4v) is 2.44. The van der Waals surface area contributed by atoms with Crippen molar-refractivity contribution < 1.29 is 14.2 Å². The first kappa shape index (κ1) is 17.2. The molecule has 1 unspecified atom stereocenters. The smallest absolute Gasteiger partial charge is 0.123 e. The zero-order valence-corrected chi connectivity index (χ0v) is 14.3. The summed E-state index contributed by atoms with van der Waals surface area (Å²) in [6.07, 6.45) is 0. The highest BCUT2D eigenvalue weighted by molar-refractivity contribution is 5.42. The van der Waals surface area contributed by atoms with E-state index in [4.69, 9.17) is 14.2 Å². The van der Waals surface area contributed by atoms with Gasteiger partial charge in [-0.15, -0.1) is 0 Å². The number of hydrogen-bond acceptors (Lipinski definition) is 4. The summed E-state index contributed by atoms with van der Waals surface area (Å²) in [5.74, 6) is 2.61. The Morgan fingerprint density at radius 1 is 1.00 bits per heavy atom. The van der Waals surface area contributed by atoms with Crippen LogP contribution < -0.4 is 19.5 Å². The Labute approximate surface area is 138 Å². The minimum atomic E-state index is 0.139. The Hall–Kier alpha value is -2.20. The van der Waals surface area contributed by atoms with Gasteiger partial charge in [-0.3, -0.25) is 0 Å². The van der Waals surface area contributed by atoms with E-state index in [1.807, 2.05) is 49.4 Å². The highest BCUT2D eigenvalue weighted by atomic mass is 16.5. The van der Waals surface area contributed by atoms with Crippen molar-refractivity contribution in [3.8, 4) is 17.2 Å². The van der Waals surface area contributed by atoms with Crippen LogP contribution in [0, 0.1) is 6.92 Å². The monoisotopic (exact) mass is 315 g/mol. The van der Waals surface area contributed by atoms with Crippen molar-refractivity contribution in [2.45, 2.75) is 19.9 Å².